The van der Waals surface area contributed by atoms with Crippen LogP contribution in [-0.4, -0.2) is 50.8 Å². The first-order chi connectivity index (χ1) is 15.4. The average molecular weight is 473 g/mol. The molecular weight excluding hydrogens is 444 g/mol. The highest BCUT2D eigenvalue weighted by Gasteiger charge is 2.32. The third-order valence-electron chi connectivity index (χ3n) is 6.03. The molecule has 1 aliphatic heterocycles. The van der Waals surface area contributed by atoms with E-state index in [1.165, 1.54) is 16.7 Å². The fourth-order valence-corrected chi connectivity index (χ4v) is 5.39. The number of methoxy groups -OCH3 is 1. The second-order valence-corrected chi connectivity index (χ2v) is 10.2. The Hall–Kier alpha value is -2.23. The van der Waals surface area contributed by atoms with Crippen molar-refractivity contribution in [2.24, 2.45) is 5.92 Å². The minimum atomic E-state index is -0.205. The minimum Gasteiger partial charge on any atom is -0.383 e. The van der Waals surface area contributed by atoms with Crippen LogP contribution in [0.3, 0.4) is 0 Å². The van der Waals surface area contributed by atoms with Crippen molar-refractivity contribution in [3.05, 3.63) is 44.7 Å². The van der Waals surface area contributed by atoms with Gasteiger partial charge in [0.25, 0.3) is 11.5 Å². The summed E-state index contributed by atoms with van der Waals surface area (Å²) in [6.07, 6.45) is 7.79. The number of pyridine rings is 1. The van der Waals surface area contributed by atoms with Gasteiger partial charge in [-0.1, -0.05) is 37.0 Å². The summed E-state index contributed by atoms with van der Waals surface area (Å²) in [5, 5.41) is 3.51. The van der Waals surface area contributed by atoms with Crippen molar-refractivity contribution in [3.8, 4) is 0 Å². The molecule has 0 unspecified atom stereocenters. The van der Waals surface area contributed by atoms with Crippen molar-refractivity contribution in [2.75, 3.05) is 25.6 Å². The zero-order valence-electron chi connectivity index (χ0n) is 18.6. The number of ether oxygens (including phenoxy) is 1. The summed E-state index contributed by atoms with van der Waals surface area (Å²) in [7, 11) is 1.58. The number of hydrogen-bond acceptors (Lipinski definition) is 7. The van der Waals surface area contributed by atoms with Crippen LogP contribution in [0.2, 0.25) is 0 Å². The zero-order valence-corrected chi connectivity index (χ0v) is 20.2. The van der Waals surface area contributed by atoms with Gasteiger partial charge in [0, 0.05) is 19.3 Å². The molecule has 170 valence electrons. The molecule has 2 fully saturated rings. The van der Waals surface area contributed by atoms with E-state index in [2.05, 4.69) is 12.2 Å². The molecule has 4 rings (SSSR count). The number of nitrogens with zero attached hydrogens (tertiary/aromatic N) is 3. The highest BCUT2D eigenvalue weighted by atomic mass is 32.2. The summed E-state index contributed by atoms with van der Waals surface area (Å²) < 4.78 is 7.10. The lowest BCUT2D eigenvalue weighted by molar-refractivity contribution is -0.122. The molecule has 32 heavy (non-hydrogen) atoms. The first-order valence-corrected chi connectivity index (χ1v) is 12.1. The van der Waals surface area contributed by atoms with E-state index in [9.17, 15) is 9.59 Å². The molecule has 1 amide bonds. The van der Waals surface area contributed by atoms with Crippen molar-refractivity contribution in [2.45, 2.75) is 45.6 Å². The van der Waals surface area contributed by atoms with Gasteiger partial charge in [0.2, 0.25) is 0 Å². The number of nitrogens with one attached hydrogen (secondary N) is 1. The van der Waals surface area contributed by atoms with Gasteiger partial charge >= 0.3 is 0 Å². The fourth-order valence-electron chi connectivity index (χ4n) is 4.10. The summed E-state index contributed by atoms with van der Waals surface area (Å²) in [6, 6.07) is 4.04. The highest BCUT2D eigenvalue weighted by molar-refractivity contribution is 8.26. The van der Waals surface area contributed by atoms with Gasteiger partial charge in [-0.15, -0.1) is 0 Å². The topological polar surface area (TPSA) is 75.9 Å². The van der Waals surface area contributed by atoms with Gasteiger partial charge in [-0.2, -0.15) is 0 Å². The lowest BCUT2D eigenvalue weighted by atomic mass is 9.87. The predicted molar refractivity (Wildman–Crippen MR) is 133 cm³/mol. The minimum absolute atomic E-state index is 0.201. The molecule has 0 radical (unpaired) electrons. The van der Waals surface area contributed by atoms with E-state index in [1.807, 2.05) is 19.1 Å². The van der Waals surface area contributed by atoms with E-state index >= 15 is 0 Å². The third kappa shape index (κ3) is 4.74. The fraction of sp³-hybridized carbons (Fsp3) is 0.478. The Kier molecular flexibility index (Phi) is 6.97. The van der Waals surface area contributed by atoms with Crippen molar-refractivity contribution >= 4 is 51.7 Å². The molecule has 1 saturated carbocycles. The van der Waals surface area contributed by atoms with Crippen LogP contribution in [0.25, 0.3) is 11.7 Å². The molecule has 0 bridgehead atoms. The molecule has 9 heteroatoms. The number of fused-ring (bicyclic) bond motifs is 1. The van der Waals surface area contributed by atoms with Gasteiger partial charge in [0.1, 0.15) is 15.8 Å². The number of thioether (sulfide) groups is 1. The predicted octanol–water partition coefficient (Wildman–Crippen LogP) is 3.84. The third-order valence-corrected chi connectivity index (χ3v) is 7.41. The molecule has 2 aromatic rings. The largest absolute Gasteiger partial charge is 0.383 e. The monoisotopic (exact) mass is 472 g/mol. The molecule has 0 spiro atoms. The summed E-state index contributed by atoms with van der Waals surface area (Å²) in [5.41, 5.74) is 1.73. The molecule has 2 aromatic heterocycles. The summed E-state index contributed by atoms with van der Waals surface area (Å²) in [5.74, 6) is 1.04. The maximum Gasteiger partial charge on any atom is 0.267 e. The van der Waals surface area contributed by atoms with Crippen LogP contribution in [0, 0.1) is 12.8 Å². The Morgan fingerprint density at radius 1 is 1.28 bits per heavy atom. The van der Waals surface area contributed by atoms with Crippen molar-refractivity contribution < 1.29 is 9.53 Å². The van der Waals surface area contributed by atoms with Crippen LogP contribution >= 0.6 is 24.0 Å². The van der Waals surface area contributed by atoms with E-state index in [4.69, 9.17) is 21.9 Å². The summed E-state index contributed by atoms with van der Waals surface area (Å²) in [6.45, 7) is 4.99. The number of anilines is 1. The molecule has 7 nitrogen and oxygen atoms in total. The number of hydrogen-bond donors (Lipinski definition) is 1. The maximum absolute atomic E-state index is 13.5. The number of aryl methyl sites for hydroxylation is 1. The van der Waals surface area contributed by atoms with Crippen LogP contribution in [0.5, 0.6) is 0 Å². The first kappa shape index (κ1) is 22.9. The molecule has 3 heterocycles. The quantitative estimate of drug-likeness (QED) is 0.506. The zero-order chi connectivity index (χ0) is 22.8. The van der Waals surface area contributed by atoms with Crippen molar-refractivity contribution in [1.29, 1.82) is 0 Å². The van der Waals surface area contributed by atoms with E-state index in [1.54, 1.807) is 23.8 Å². The van der Waals surface area contributed by atoms with Crippen molar-refractivity contribution in [1.82, 2.24) is 14.3 Å². The second-order valence-electron chi connectivity index (χ2n) is 8.54. The average Bonchev–Trinajstić information content (AvgIpc) is 3.04. The number of carbonyl (C=O) groups excluding carboxylic acids is 1. The van der Waals surface area contributed by atoms with E-state index in [0.717, 1.165) is 37.2 Å². The summed E-state index contributed by atoms with van der Waals surface area (Å²) >= 11 is 6.59. The molecule has 1 N–H and O–H groups in total. The molecule has 2 aliphatic rings. The number of amides is 1. The molecular formula is C23H28N4O3S2. The summed E-state index contributed by atoms with van der Waals surface area (Å²) in [4.78, 5) is 33.1. The van der Waals surface area contributed by atoms with Crippen molar-refractivity contribution in [3.63, 3.8) is 0 Å². The van der Waals surface area contributed by atoms with Gasteiger partial charge in [-0.3, -0.25) is 18.9 Å². The second kappa shape index (κ2) is 9.72. The Bertz CT molecular complexity index is 1140. The normalized spacial score (nSPS) is 22.8. The first-order valence-electron chi connectivity index (χ1n) is 10.9. The van der Waals surface area contributed by atoms with Crippen LogP contribution in [0.4, 0.5) is 5.82 Å². The number of carbonyl (C=O) groups is 1. The molecule has 0 atom stereocenters. The Labute approximate surface area is 197 Å². The smallest absolute Gasteiger partial charge is 0.267 e. The number of aromatic nitrogens is 2. The number of rotatable bonds is 6. The Morgan fingerprint density at radius 2 is 2.03 bits per heavy atom. The maximum atomic E-state index is 13.5. The van der Waals surface area contributed by atoms with E-state index in [-0.39, 0.29) is 17.5 Å². The molecule has 0 aromatic carbocycles. The van der Waals surface area contributed by atoms with Crippen LogP contribution < -0.4 is 10.9 Å². The lowest BCUT2D eigenvalue weighted by Crippen LogP contribution is -2.31. The Morgan fingerprint density at radius 3 is 2.75 bits per heavy atom. The molecule has 1 saturated heterocycles. The highest BCUT2D eigenvalue weighted by Crippen LogP contribution is 2.33. The van der Waals surface area contributed by atoms with Gasteiger partial charge in [-0.05, 0) is 56.2 Å². The molecule has 1 aliphatic carbocycles. The standard InChI is InChI=1S/C23H28N4O3S2/c1-14-4-7-16(8-5-14)24-20-17(21(28)27-13-15(2)6-9-19(27)25-20)12-18-22(29)26(10-11-30-3)23(31)32-18/h6,9,12-14,16,24H,4-5,7-8,10-11H2,1-3H3. The van der Waals surface area contributed by atoms with Gasteiger partial charge in [0.05, 0.1) is 23.6 Å². The van der Waals surface area contributed by atoms with Gasteiger partial charge in [-0.25, -0.2) is 4.98 Å². The van der Waals surface area contributed by atoms with E-state index < -0.39 is 0 Å². The SMILES string of the molecule is COCCN1C(=O)C(=Cc2c(NC3CCC(C)CC3)nc3ccc(C)cn3c2=O)SC1=S. The van der Waals surface area contributed by atoms with Gasteiger partial charge in [0.15, 0.2) is 0 Å². The van der Waals surface area contributed by atoms with Crippen LogP contribution in [0.1, 0.15) is 43.7 Å². The number of thiocarbonyl (C=S) groups is 1. The van der Waals surface area contributed by atoms with Crippen LogP contribution in [-0.2, 0) is 9.53 Å². The van der Waals surface area contributed by atoms with Crippen LogP contribution in [0.15, 0.2) is 28.0 Å². The Balaban J connectivity index is 1.75. The van der Waals surface area contributed by atoms with Gasteiger partial charge < -0.3 is 10.1 Å². The van der Waals surface area contributed by atoms with E-state index in [0.29, 0.717) is 39.4 Å². The lowest BCUT2D eigenvalue weighted by Gasteiger charge is -2.27.